The van der Waals surface area contributed by atoms with Gasteiger partial charge in [0, 0.05) is 11.1 Å². The molecule has 0 unspecified atom stereocenters. The molecule has 10 nitrogen and oxygen atoms in total. The van der Waals surface area contributed by atoms with E-state index in [1.807, 2.05) is 0 Å². The minimum absolute atomic E-state index is 0.509. The van der Waals surface area contributed by atoms with Crippen molar-refractivity contribution < 1.29 is 33.2 Å². The van der Waals surface area contributed by atoms with Gasteiger partial charge in [0.25, 0.3) is 0 Å². The van der Waals surface area contributed by atoms with E-state index in [1.165, 1.54) is 0 Å². The maximum absolute atomic E-state index is 12.7. The van der Waals surface area contributed by atoms with E-state index in [1.54, 1.807) is 0 Å². The van der Waals surface area contributed by atoms with Gasteiger partial charge in [-0.05, 0) is 11.6 Å². The lowest BCUT2D eigenvalue weighted by atomic mass is 9.96. The number of aliphatic hydroxyl groups excluding tert-OH is 3. The van der Waals surface area contributed by atoms with Gasteiger partial charge in [-0.2, -0.15) is 13.2 Å². The first-order valence-electron chi connectivity index (χ1n) is 6.61. The molecule has 0 bridgehead atoms. The highest BCUT2D eigenvalue weighted by Crippen LogP contribution is 2.29. The molecule has 0 amide bonds. The highest BCUT2D eigenvalue weighted by Gasteiger charge is 2.44. The van der Waals surface area contributed by atoms with Gasteiger partial charge in [0.05, 0.1) is 12.6 Å². The molecule has 0 spiro atoms. The third-order valence-electron chi connectivity index (χ3n) is 3.31. The topological polar surface area (TPSA) is 156 Å². The molecule has 1 saturated heterocycles. The first-order chi connectivity index (χ1) is 11.3. The lowest BCUT2D eigenvalue weighted by Gasteiger charge is -2.40. The Kier molecular flexibility index (Phi) is 5.41. The Labute approximate surface area is 132 Å². The maximum Gasteiger partial charge on any atom is 0.433 e. The number of hydrogen-bond acceptors (Lipinski definition) is 8. The highest BCUT2D eigenvalue weighted by atomic mass is 19.4. The van der Waals surface area contributed by atoms with E-state index >= 15 is 0 Å². The number of nitrogens with zero attached hydrogens (tertiary/aromatic N) is 5. The second kappa shape index (κ2) is 7.15. The van der Waals surface area contributed by atoms with E-state index in [4.69, 9.17) is 15.4 Å². The van der Waals surface area contributed by atoms with Gasteiger partial charge < -0.3 is 25.4 Å². The number of halogens is 3. The zero-order chi connectivity index (χ0) is 17.9. The number of ether oxygens (including phenoxy) is 1. The van der Waals surface area contributed by atoms with Crippen molar-refractivity contribution in [3.63, 3.8) is 0 Å². The molecule has 1 aliphatic rings. The summed E-state index contributed by atoms with van der Waals surface area (Å²) >= 11 is 0. The van der Waals surface area contributed by atoms with Gasteiger partial charge in [-0.1, -0.05) is 5.11 Å². The van der Waals surface area contributed by atoms with Crippen LogP contribution in [0.25, 0.3) is 10.4 Å². The molecule has 1 aromatic rings. The van der Waals surface area contributed by atoms with Crippen LogP contribution in [0.5, 0.6) is 0 Å². The average Bonchev–Trinajstić information content (AvgIpc) is 2.54. The fraction of sp³-hybridized carbons (Fsp3) is 0.636. The monoisotopic (exact) mass is 350 g/mol. The Morgan fingerprint density at radius 3 is 2.67 bits per heavy atom. The molecule has 1 aliphatic heterocycles. The Morgan fingerprint density at radius 1 is 1.38 bits per heavy atom. The SMILES string of the molecule is [N-]=[N+]=N[C@@H]1O[C@H](CO)[C@H](O)[C@H](O)[C@H]1Nc1nccc(C(F)(F)F)n1. The molecule has 2 heterocycles. The molecule has 0 saturated carbocycles. The van der Waals surface area contributed by atoms with Crippen molar-refractivity contribution in [2.24, 2.45) is 5.11 Å². The van der Waals surface area contributed by atoms with Crippen LogP contribution in [0, 0.1) is 0 Å². The quantitative estimate of drug-likeness (QED) is 0.339. The number of rotatable bonds is 4. The Bertz CT molecular complexity index is 626. The van der Waals surface area contributed by atoms with E-state index in [0.29, 0.717) is 6.07 Å². The van der Waals surface area contributed by atoms with Gasteiger partial charge in [0.2, 0.25) is 5.95 Å². The zero-order valence-electron chi connectivity index (χ0n) is 11.9. The van der Waals surface area contributed by atoms with Crippen molar-refractivity contribution >= 4 is 5.95 Å². The number of hydrogen-bond donors (Lipinski definition) is 4. The van der Waals surface area contributed by atoms with E-state index < -0.39 is 55.0 Å². The molecule has 4 N–H and O–H groups in total. The van der Waals surface area contributed by atoms with Crippen LogP contribution in [-0.4, -0.2) is 62.5 Å². The first kappa shape index (κ1) is 18.2. The fourth-order valence-electron chi connectivity index (χ4n) is 2.14. The summed E-state index contributed by atoms with van der Waals surface area (Å²) in [5, 5.41) is 34.6. The van der Waals surface area contributed by atoms with Gasteiger partial charge in [0.1, 0.15) is 24.0 Å². The standard InChI is InChI=1S/C11H13F3N6O4/c12-11(13,14)5-1-2-16-10(17-5)18-6-8(23)7(22)4(3-21)24-9(6)19-20-15/h1-2,4,6-9,21-23H,3H2,(H,16,17,18)/t4-,6-,7+,8-,9-/m1/s1. The van der Waals surface area contributed by atoms with Crippen LogP contribution in [0.1, 0.15) is 5.69 Å². The summed E-state index contributed by atoms with van der Waals surface area (Å²) in [7, 11) is 0. The van der Waals surface area contributed by atoms with Crippen molar-refractivity contribution in [3.05, 3.63) is 28.4 Å². The number of aromatic nitrogens is 2. The van der Waals surface area contributed by atoms with E-state index in [2.05, 4.69) is 25.3 Å². The van der Waals surface area contributed by atoms with Crippen molar-refractivity contribution in [1.29, 1.82) is 0 Å². The smallest absolute Gasteiger partial charge is 0.394 e. The summed E-state index contributed by atoms with van der Waals surface area (Å²) in [5.41, 5.74) is 7.31. The van der Waals surface area contributed by atoms with Crippen molar-refractivity contribution in [1.82, 2.24) is 9.97 Å². The summed E-state index contributed by atoms with van der Waals surface area (Å²) in [6.07, 6.45) is -9.68. The second-order valence-corrected chi connectivity index (χ2v) is 4.87. The van der Waals surface area contributed by atoms with Crippen molar-refractivity contribution in [2.45, 2.75) is 36.8 Å². The van der Waals surface area contributed by atoms with Gasteiger partial charge in [-0.25, -0.2) is 9.97 Å². The minimum Gasteiger partial charge on any atom is -0.394 e. The van der Waals surface area contributed by atoms with Crippen LogP contribution in [0.3, 0.4) is 0 Å². The van der Waals surface area contributed by atoms with Gasteiger partial charge >= 0.3 is 6.18 Å². The summed E-state index contributed by atoms with van der Waals surface area (Å²) in [6.45, 7) is -0.664. The number of alkyl halides is 3. The number of aliphatic hydroxyl groups is 3. The third-order valence-corrected chi connectivity index (χ3v) is 3.31. The van der Waals surface area contributed by atoms with Crippen LogP contribution < -0.4 is 5.32 Å². The zero-order valence-corrected chi connectivity index (χ0v) is 11.9. The molecule has 2 rings (SSSR count). The normalized spacial score (nSPS) is 30.5. The predicted octanol–water partition coefficient (Wildman–Crippen LogP) is 0.0252. The molecule has 0 aromatic carbocycles. The van der Waals surface area contributed by atoms with Gasteiger partial charge in [0.15, 0.2) is 6.23 Å². The first-order valence-corrected chi connectivity index (χ1v) is 6.61. The van der Waals surface area contributed by atoms with Crippen LogP contribution in [0.15, 0.2) is 17.4 Å². The molecule has 132 valence electrons. The summed E-state index contributed by atoms with van der Waals surface area (Å²) < 4.78 is 43.1. The summed E-state index contributed by atoms with van der Waals surface area (Å²) in [4.78, 5) is 9.34. The number of nitrogens with one attached hydrogen (secondary N) is 1. The highest BCUT2D eigenvalue weighted by molar-refractivity contribution is 5.29. The minimum atomic E-state index is -4.70. The molecule has 24 heavy (non-hydrogen) atoms. The van der Waals surface area contributed by atoms with Crippen LogP contribution in [0.2, 0.25) is 0 Å². The van der Waals surface area contributed by atoms with Gasteiger partial charge in [-0.3, -0.25) is 0 Å². The molecular formula is C11H13F3N6O4. The average molecular weight is 350 g/mol. The predicted molar refractivity (Wildman–Crippen MR) is 71.4 cm³/mol. The van der Waals surface area contributed by atoms with Gasteiger partial charge in [-0.15, -0.1) is 0 Å². The maximum atomic E-state index is 12.7. The number of anilines is 1. The van der Waals surface area contributed by atoms with Crippen LogP contribution in [0.4, 0.5) is 19.1 Å². The Morgan fingerprint density at radius 2 is 2.08 bits per heavy atom. The second-order valence-electron chi connectivity index (χ2n) is 4.87. The van der Waals surface area contributed by atoms with E-state index in [-0.39, 0.29) is 0 Å². The third kappa shape index (κ3) is 3.83. The van der Waals surface area contributed by atoms with E-state index in [0.717, 1.165) is 6.20 Å². The van der Waals surface area contributed by atoms with Crippen molar-refractivity contribution in [2.75, 3.05) is 11.9 Å². The molecular weight excluding hydrogens is 337 g/mol. The molecule has 1 aromatic heterocycles. The number of azide groups is 1. The molecule has 13 heteroatoms. The largest absolute Gasteiger partial charge is 0.433 e. The lowest BCUT2D eigenvalue weighted by molar-refractivity contribution is -0.183. The van der Waals surface area contributed by atoms with E-state index in [9.17, 15) is 23.4 Å². The fourth-order valence-corrected chi connectivity index (χ4v) is 2.14. The molecule has 0 aliphatic carbocycles. The molecule has 0 radical (unpaired) electrons. The Hall–Kier alpha value is -2.18. The van der Waals surface area contributed by atoms with Crippen molar-refractivity contribution in [3.8, 4) is 0 Å². The van der Waals surface area contributed by atoms with Crippen LogP contribution >= 0.6 is 0 Å². The molecule has 5 atom stereocenters. The summed E-state index contributed by atoms with van der Waals surface area (Å²) in [6, 6.07) is -0.678. The van der Waals surface area contributed by atoms with Crippen LogP contribution in [-0.2, 0) is 10.9 Å². The Balaban J connectivity index is 2.27. The summed E-state index contributed by atoms with van der Waals surface area (Å²) in [5.74, 6) is -0.509. The molecule has 1 fully saturated rings. The lowest BCUT2D eigenvalue weighted by Crippen LogP contribution is -2.60.